The predicted octanol–water partition coefficient (Wildman–Crippen LogP) is 1.77. The van der Waals surface area contributed by atoms with Gasteiger partial charge in [-0.1, -0.05) is 23.4 Å². The zero-order valence-electron chi connectivity index (χ0n) is 11.5. The molecule has 2 rings (SSSR count). The van der Waals surface area contributed by atoms with E-state index in [1.807, 2.05) is 0 Å². The van der Waals surface area contributed by atoms with E-state index < -0.39 is 5.97 Å². The minimum Gasteiger partial charge on any atom is -0.468 e. The fourth-order valence-corrected chi connectivity index (χ4v) is 2.12. The summed E-state index contributed by atoms with van der Waals surface area (Å²) in [6.45, 7) is -0.171. The number of methoxy groups -OCH3 is 1. The fourth-order valence-electron chi connectivity index (χ4n) is 1.40. The minimum absolute atomic E-state index is 0.0548. The maximum atomic E-state index is 11.5. The SMILES string of the molecule is COC(=O)CNC(=O)CSc1nnc(-c2ccc(Cl)cc2)o1. The van der Waals surface area contributed by atoms with Crippen LogP contribution >= 0.6 is 23.4 Å². The van der Waals surface area contributed by atoms with E-state index in [0.29, 0.717) is 10.9 Å². The molecule has 0 aliphatic carbocycles. The molecule has 1 aromatic heterocycles. The number of carbonyl (C=O) groups is 2. The van der Waals surface area contributed by atoms with Crippen LogP contribution in [-0.4, -0.2) is 41.5 Å². The molecule has 0 saturated carbocycles. The van der Waals surface area contributed by atoms with Crippen molar-refractivity contribution in [2.24, 2.45) is 0 Å². The summed E-state index contributed by atoms with van der Waals surface area (Å²) in [5, 5.41) is 11.0. The Balaban J connectivity index is 1.86. The van der Waals surface area contributed by atoms with E-state index in [1.165, 1.54) is 7.11 Å². The first-order valence-electron chi connectivity index (χ1n) is 6.14. The number of carbonyl (C=O) groups excluding carboxylic acids is 2. The third-order valence-corrected chi connectivity index (χ3v) is 3.55. The van der Waals surface area contributed by atoms with Gasteiger partial charge in [-0.15, -0.1) is 10.2 Å². The average molecular weight is 342 g/mol. The van der Waals surface area contributed by atoms with Crippen LogP contribution in [0.5, 0.6) is 0 Å². The molecule has 7 nitrogen and oxygen atoms in total. The van der Waals surface area contributed by atoms with Crippen LogP contribution in [0.2, 0.25) is 5.02 Å². The lowest BCUT2D eigenvalue weighted by Crippen LogP contribution is -2.31. The van der Waals surface area contributed by atoms with E-state index in [4.69, 9.17) is 16.0 Å². The van der Waals surface area contributed by atoms with Crippen molar-refractivity contribution in [2.45, 2.75) is 5.22 Å². The number of amides is 1. The number of benzene rings is 1. The highest BCUT2D eigenvalue weighted by atomic mass is 35.5. The quantitative estimate of drug-likeness (QED) is 0.632. The maximum absolute atomic E-state index is 11.5. The molecule has 22 heavy (non-hydrogen) atoms. The van der Waals surface area contributed by atoms with Crippen molar-refractivity contribution in [3.8, 4) is 11.5 Å². The van der Waals surface area contributed by atoms with Crippen molar-refractivity contribution >= 4 is 35.2 Å². The topological polar surface area (TPSA) is 94.3 Å². The van der Waals surface area contributed by atoms with Gasteiger partial charge in [0.15, 0.2) is 0 Å². The molecule has 1 amide bonds. The summed E-state index contributed by atoms with van der Waals surface area (Å²) in [6, 6.07) is 6.95. The molecule has 0 spiro atoms. The van der Waals surface area contributed by atoms with Crippen LogP contribution in [0.15, 0.2) is 33.9 Å². The van der Waals surface area contributed by atoms with Gasteiger partial charge in [0.25, 0.3) is 5.22 Å². The Morgan fingerprint density at radius 2 is 2.05 bits per heavy atom. The average Bonchev–Trinajstić information content (AvgIpc) is 3.00. The smallest absolute Gasteiger partial charge is 0.325 e. The Labute approximate surface area is 135 Å². The van der Waals surface area contributed by atoms with Gasteiger partial charge in [-0.05, 0) is 24.3 Å². The second-order valence-corrected chi connectivity index (χ2v) is 5.38. The van der Waals surface area contributed by atoms with Gasteiger partial charge in [-0.2, -0.15) is 0 Å². The molecule has 116 valence electrons. The zero-order valence-corrected chi connectivity index (χ0v) is 13.1. The number of hydrogen-bond acceptors (Lipinski definition) is 7. The van der Waals surface area contributed by atoms with Gasteiger partial charge in [0.2, 0.25) is 11.8 Å². The molecule has 1 heterocycles. The first kappa shape index (κ1) is 16.3. The molecule has 2 aromatic rings. The number of thioether (sulfide) groups is 1. The van der Waals surface area contributed by atoms with Gasteiger partial charge in [0.1, 0.15) is 6.54 Å². The highest BCUT2D eigenvalue weighted by Gasteiger charge is 2.12. The molecular formula is C13H12ClN3O4S. The summed E-state index contributed by atoms with van der Waals surface area (Å²) in [6.07, 6.45) is 0. The summed E-state index contributed by atoms with van der Waals surface area (Å²) in [4.78, 5) is 22.4. The van der Waals surface area contributed by atoms with Crippen LogP contribution in [-0.2, 0) is 14.3 Å². The Hall–Kier alpha value is -2.06. The number of aromatic nitrogens is 2. The summed E-state index contributed by atoms with van der Waals surface area (Å²) < 4.78 is 9.85. The van der Waals surface area contributed by atoms with Crippen LogP contribution in [0.1, 0.15) is 0 Å². The normalized spacial score (nSPS) is 10.3. The Morgan fingerprint density at radius 1 is 1.32 bits per heavy atom. The van der Waals surface area contributed by atoms with Crippen molar-refractivity contribution in [3.05, 3.63) is 29.3 Å². The Bertz CT molecular complexity index is 660. The number of hydrogen-bond donors (Lipinski definition) is 1. The minimum atomic E-state index is -0.513. The monoisotopic (exact) mass is 341 g/mol. The molecule has 0 saturated heterocycles. The van der Waals surface area contributed by atoms with Gasteiger partial charge in [0.05, 0.1) is 12.9 Å². The highest BCUT2D eigenvalue weighted by Crippen LogP contribution is 2.24. The van der Waals surface area contributed by atoms with E-state index in [9.17, 15) is 9.59 Å². The lowest BCUT2D eigenvalue weighted by Gasteiger charge is -2.01. The van der Waals surface area contributed by atoms with E-state index in [0.717, 1.165) is 17.3 Å². The van der Waals surface area contributed by atoms with Crippen LogP contribution < -0.4 is 5.32 Å². The van der Waals surface area contributed by atoms with Gasteiger partial charge >= 0.3 is 5.97 Å². The molecule has 1 N–H and O–H groups in total. The molecule has 0 atom stereocenters. The zero-order chi connectivity index (χ0) is 15.9. The molecular weight excluding hydrogens is 330 g/mol. The van der Waals surface area contributed by atoms with E-state index >= 15 is 0 Å². The first-order valence-corrected chi connectivity index (χ1v) is 7.50. The van der Waals surface area contributed by atoms with E-state index in [-0.39, 0.29) is 23.4 Å². The van der Waals surface area contributed by atoms with Crippen LogP contribution in [0.25, 0.3) is 11.5 Å². The summed E-state index contributed by atoms with van der Waals surface area (Å²) in [7, 11) is 1.25. The summed E-state index contributed by atoms with van der Waals surface area (Å²) >= 11 is 6.88. The molecule has 0 radical (unpaired) electrons. The van der Waals surface area contributed by atoms with Crippen LogP contribution in [0.3, 0.4) is 0 Å². The third kappa shape index (κ3) is 4.74. The van der Waals surface area contributed by atoms with Gasteiger partial charge < -0.3 is 14.5 Å². The lowest BCUT2D eigenvalue weighted by molar-refractivity contribution is -0.140. The Kier molecular flexibility index (Phi) is 5.79. The second-order valence-electron chi connectivity index (χ2n) is 4.02. The van der Waals surface area contributed by atoms with Crippen molar-refractivity contribution in [3.63, 3.8) is 0 Å². The van der Waals surface area contributed by atoms with Crippen LogP contribution in [0, 0.1) is 0 Å². The van der Waals surface area contributed by atoms with Crippen molar-refractivity contribution in [1.29, 1.82) is 0 Å². The van der Waals surface area contributed by atoms with Crippen molar-refractivity contribution in [1.82, 2.24) is 15.5 Å². The summed E-state index contributed by atoms with van der Waals surface area (Å²) in [5.74, 6) is -0.448. The predicted molar refractivity (Wildman–Crippen MR) is 80.5 cm³/mol. The maximum Gasteiger partial charge on any atom is 0.325 e. The molecule has 0 aliphatic rings. The molecule has 0 fully saturated rings. The molecule has 0 bridgehead atoms. The van der Waals surface area contributed by atoms with Crippen LogP contribution in [0.4, 0.5) is 0 Å². The number of esters is 1. The van der Waals surface area contributed by atoms with E-state index in [2.05, 4.69) is 20.3 Å². The number of nitrogens with zero attached hydrogens (tertiary/aromatic N) is 2. The standard InChI is InChI=1S/C13H12ClN3O4S/c1-20-11(19)6-15-10(18)7-22-13-17-16-12(21-13)8-2-4-9(14)5-3-8/h2-5H,6-7H2,1H3,(H,15,18). The number of nitrogens with one attached hydrogen (secondary N) is 1. The van der Waals surface area contributed by atoms with Crippen molar-refractivity contribution < 1.29 is 18.7 Å². The first-order chi connectivity index (χ1) is 10.6. The van der Waals surface area contributed by atoms with Gasteiger partial charge in [0, 0.05) is 10.6 Å². The van der Waals surface area contributed by atoms with Gasteiger partial charge in [-0.3, -0.25) is 9.59 Å². The van der Waals surface area contributed by atoms with Gasteiger partial charge in [-0.25, -0.2) is 0 Å². The number of ether oxygens (including phenoxy) is 1. The van der Waals surface area contributed by atoms with Crippen molar-refractivity contribution in [2.75, 3.05) is 19.4 Å². The second kappa shape index (κ2) is 7.81. The largest absolute Gasteiger partial charge is 0.468 e. The van der Waals surface area contributed by atoms with E-state index in [1.54, 1.807) is 24.3 Å². The molecule has 9 heteroatoms. The molecule has 1 aromatic carbocycles. The molecule has 0 unspecified atom stereocenters. The summed E-state index contributed by atoms with van der Waals surface area (Å²) in [5.41, 5.74) is 0.735. The Morgan fingerprint density at radius 3 is 2.73 bits per heavy atom. The molecule has 0 aliphatic heterocycles. The number of halogens is 1. The lowest BCUT2D eigenvalue weighted by atomic mass is 10.2. The fraction of sp³-hybridized carbons (Fsp3) is 0.231. The third-order valence-electron chi connectivity index (χ3n) is 2.48. The highest BCUT2D eigenvalue weighted by molar-refractivity contribution is 7.99. The number of rotatable bonds is 6.